The summed E-state index contributed by atoms with van der Waals surface area (Å²) in [4.78, 5) is 11.5. The fraction of sp³-hybridized carbons (Fsp3) is 0.333. The Balaban J connectivity index is 2.48. The third-order valence-corrected chi connectivity index (χ3v) is 2.07. The van der Waals surface area contributed by atoms with Crippen LogP contribution in [0.5, 0.6) is 0 Å². The molecule has 1 rings (SSSR count). The lowest BCUT2D eigenvalue weighted by atomic mass is 10.1. The number of ketones is 1. The first-order chi connectivity index (χ1) is 6.74. The Morgan fingerprint density at radius 1 is 1.21 bits per heavy atom. The van der Waals surface area contributed by atoms with Crippen molar-refractivity contribution < 1.29 is 9.18 Å². The maximum atomic E-state index is 12.5. The van der Waals surface area contributed by atoms with E-state index >= 15 is 0 Å². The number of carbonyl (C=O) groups excluding carboxylic acids is 1. The van der Waals surface area contributed by atoms with Gasteiger partial charge in [-0.15, -0.1) is 0 Å². The molecule has 1 nitrogen and oxygen atoms in total. The highest BCUT2D eigenvalue weighted by Crippen LogP contribution is 2.08. The molecule has 0 bridgehead atoms. The van der Waals surface area contributed by atoms with Gasteiger partial charge in [-0.05, 0) is 30.7 Å². The van der Waals surface area contributed by atoms with Gasteiger partial charge in [0.05, 0.1) is 0 Å². The second-order valence-electron chi connectivity index (χ2n) is 3.24. The quantitative estimate of drug-likeness (QED) is 0.517. The summed E-state index contributed by atoms with van der Waals surface area (Å²) in [5.74, 6) is -0.224. The average Bonchev–Trinajstić information content (AvgIpc) is 2.19. The number of unbranched alkanes of at least 4 members (excludes halogenated alkanes) is 2. The number of rotatable bonds is 5. The molecule has 0 saturated carbocycles. The van der Waals surface area contributed by atoms with E-state index in [9.17, 15) is 9.18 Å². The predicted molar refractivity (Wildman–Crippen MR) is 54.6 cm³/mol. The first-order valence-electron chi connectivity index (χ1n) is 4.82. The van der Waals surface area contributed by atoms with Crippen LogP contribution < -0.4 is 0 Å². The number of carbonyl (C=O) groups is 1. The molecule has 0 aliphatic heterocycles. The van der Waals surface area contributed by atoms with Crippen molar-refractivity contribution in [2.24, 2.45) is 0 Å². The molecule has 0 N–H and O–H groups in total. The van der Waals surface area contributed by atoms with Crippen LogP contribution in [0.3, 0.4) is 0 Å². The third kappa shape index (κ3) is 3.29. The lowest BCUT2D eigenvalue weighted by Crippen LogP contribution is -1.98. The molecule has 14 heavy (non-hydrogen) atoms. The molecular formula is C12H14FO. The summed E-state index contributed by atoms with van der Waals surface area (Å²) in [5.41, 5.74) is 0.593. The Bertz CT molecular complexity index is 290. The van der Waals surface area contributed by atoms with E-state index in [4.69, 9.17) is 0 Å². The molecule has 0 unspecified atom stereocenters. The van der Waals surface area contributed by atoms with Crippen molar-refractivity contribution in [3.8, 4) is 0 Å². The fourth-order valence-electron chi connectivity index (χ4n) is 1.24. The molecule has 0 heterocycles. The molecular weight excluding hydrogens is 179 g/mol. The summed E-state index contributed by atoms with van der Waals surface area (Å²) in [5, 5.41) is 0. The van der Waals surface area contributed by atoms with Crippen LogP contribution >= 0.6 is 0 Å². The zero-order valence-electron chi connectivity index (χ0n) is 8.13. The lowest BCUT2D eigenvalue weighted by Gasteiger charge is -1.99. The number of halogens is 1. The van der Waals surface area contributed by atoms with Gasteiger partial charge in [0.1, 0.15) is 5.82 Å². The van der Waals surface area contributed by atoms with Crippen LogP contribution in [0, 0.1) is 12.7 Å². The molecule has 0 spiro atoms. The lowest BCUT2D eigenvalue weighted by molar-refractivity contribution is 0.0979. The van der Waals surface area contributed by atoms with E-state index in [1.54, 1.807) is 0 Å². The normalized spacial score (nSPS) is 10.1. The number of hydrogen-bond donors (Lipinski definition) is 0. The van der Waals surface area contributed by atoms with E-state index in [2.05, 4.69) is 6.92 Å². The van der Waals surface area contributed by atoms with Crippen LogP contribution in [0.15, 0.2) is 24.3 Å². The van der Waals surface area contributed by atoms with Crippen molar-refractivity contribution in [1.82, 2.24) is 0 Å². The Morgan fingerprint density at radius 3 is 2.43 bits per heavy atom. The summed E-state index contributed by atoms with van der Waals surface area (Å²) in [6, 6.07) is 5.69. The highest BCUT2D eigenvalue weighted by molar-refractivity contribution is 5.95. The van der Waals surface area contributed by atoms with Crippen molar-refractivity contribution >= 4 is 5.78 Å². The molecule has 0 fully saturated rings. The summed E-state index contributed by atoms with van der Waals surface area (Å²) < 4.78 is 12.5. The summed E-state index contributed by atoms with van der Waals surface area (Å²) in [7, 11) is 0. The molecule has 0 aliphatic carbocycles. The molecule has 0 saturated heterocycles. The van der Waals surface area contributed by atoms with Crippen LogP contribution in [-0.4, -0.2) is 5.78 Å². The van der Waals surface area contributed by atoms with E-state index in [0.29, 0.717) is 12.0 Å². The van der Waals surface area contributed by atoms with Gasteiger partial charge in [0, 0.05) is 12.0 Å². The highest BCUT2D eigenvalue weighted by Gasteiger charge is 2.04. The molecule has 75 valence electrons. The number of hydrogen-bond acceptors (Lipinski definition) is 1. The minimum Gasteiger partial charge on any atom is -0.294 e. The van der Waals surface area contributed by atoms with Crippen molar-refractivity contribution in [3.05, 3.63) is 42.6 Å². The van der Waals surface area contributed by atoms with Crippen LogP contribution in [0.25, 0.3) is 0 Å². The summed E-state index contributed by atoms with van der Waals surface area (Å²) >= 11 is 0. The van der Waals surface area contributed by atoms with E-state index in [1.807, 2.05) is 0 Å². The Morgan fingerprint density at radius 2 is 1.86 bits per heavy atom. The van der Waals surface area contributed by atoms with Gasteiger partial charge >= 0.3 is 0 Å². The molecule has 1 aromatic carbocycles. The van der Waals surface area contributed by atoms with Gasteiger partial charge in [0.25, 0.3) is 0 Å². The standard InChI is InChI=1S/C12H14FO/c1-2-3-4-5-12(14)10-6-8-11(13)9-7-10/h6-9H,1-5H2. The first-order valence-corrected chi connectivity index (χ1v) is 4.82. The van der Waals surface area contributed by atoms with Gasteiger partial charge in [-0.2, -0.15) is 0 Å². The fourth-order valence-corrected chi connectivity index (χ4v) is 1.24. The van der Waals surface area contributed by atoms with Gasteiger partial charge in [-0.25, -0.2) is 4.39 Å². The summed E-state index contributed by atoms with van der Waals surface area (Å²) in [6.45, 7) is 3.71. The van der Waals surface area contributed by atoms with Crippen molar-refractivity contribution in [2.75, 3.05) is 0 Å². The second kappa shape index (κ2) is 5.53. The number of benzene rings is 1. The average molecular weight is 193 g/mol. The Hall–Kier alpha value is -1.18. The van der Waals surface area contributed by atoms with E-state index in [0.717, 1.165) is 19.3 Å². The maximum absolute atomic E-state index is 12.5. The van der Waals surface area contributed by atoms with Crippen LogP contribution in [-0.2, 0) is 0 Å². The van der Waals surface area contributed by atoms with Gasteiger partial charge in [0.2, 0.25) is 0 Å². The molecule has 2 heteroatoms. The second-order valence-corrected chi connectivity index (χ2v) is 3.24. The largest absolute Gasteiger partial charge is 0.294 e. The van der Waals surface area contributed by atoms with Crippen molar-refractivity contribution in [1.29, 1.82) is 0 Å². The van der Waals surface area contributed by atoms with Gasteiger partial charge in [-0.3, -0.25) is 4.79 Å². The molecule has 0 amide bonds. The van der Waals surface area contributed by atoms with E-state index in [1.165, 1.54) is 24.3 Å². The van der Waals surface area contributed by atoms with Crippen molar-refractivity contribution in [2.45, 2.75) is 25.7 Å². The molecule has 1 aromatic rings. The SMILES string of the molecule is [CH2]CCCCC(=O)c1ccc(F)cc1. The van der Waals surface area contributed by atoms with E-state index < -0.39 is 0 Å². The monoisotopic (exact) mass is 193 g/mol. The van der Waals surface area contributed by atoms with Crippen LogP contribution in [0.4, 0.5) is 4.39 Å². The minimum absolute atomic E-state index is 0.0819. The first kappa shape index (κ1) is 10.9. The molecule has 0 aromatic heterocycles. The molecule has 0 aliphatic rings. The predicted octanol–water partition coefficient (Wildman–Crippen LogP) is 3.40. The molecule has 0 atom stereocenters. The molecule has 1 radical (unpaired) electrons. The number of Topliss-reactive ketones (excluding diaryl/α,β-unsaturated/α-hetero) is 1. The topological polar surface area (TPSA) is 17.1 Å². The Labute approximate surface area is 83.9 Å². The zero-order valence-corrected chi connectivity index (χ0v) is 8.13. The third-order valence-electron chi connectivity index (χ3n) is 2.07. The smallest absolute Gasteiger partial charge is 0.162 e. The van der Waals surface area contributed by atoms with Gasteiger partial charge in [0.15, 0.2) is 5.78 Å². The van der Waals surface area contributed by atoms with Gasteiger partial charge in [-0.1, -0.05) is 19.8 Å². The van der Waals surface area contributed by atoms with Gasteiger partial charge < -0.3 is 0 Å². The maximum Gasteiger partial charge on any atom is 0.162 e. The minimum atomic E-state index is -0.306. The van der Waals surface area contributed by atoms with Crippen LogP contribution in [0.1, 0.15) is 36.0 Å². The Kier molecular flexibility index (Phi) is 4.30. The van der Waals surface area contributed by atoms with E-state index in [-0.39, 0.29) is 11.6 Å². The van der Waals surface area contributed by atoms with Crippen LogP contribution in [0.2, 0.25) is 0 Å². The summed E-state index contributed by atoms with van der Waals surface area (Å²) in [6.07, 6.45) is 3.21. The zero-order chi connectivity index (χ0) is 10.4. The highest BCUT2D eigenvalue weighted by atomic mass is 19.1. The van der Waals surface area contributed by atoms with Crippen molar-refractivity contribution in [3.63, 3.8) is 0 Å².